The maximum absolute atomic E-state index is 12.7. The van der Waals surface area contributed by atoms with Gasteiger partial charge in [0.25, 0.3) is 0 Å². The molecule has 0 amide bonds. The number of anilines is 1. The monoisotopic (exact) mass is 325 g/mol. The Balaban J connectivity index is 2.13. The number of rotatable bonds is 3. The summed E-state index contributed by atoms with van der Waals surface area (Å²) < 4.78 is 38.2. The van der Waals surface area contributed by atoms with E-state index in [-0.39, 0.29) is 0 Å². The molecule has 1 aliphatic heterocycles. The molecule has 1 aromatic carbocycles. The van der Waals surface area contributed by atoms with E-state index in [4.69, 9.17) is 16.7 Å². The Labute approximate surface area is 125 Å². The fourth-order valence-corrected chi connectivity index (χ4v) is 2.86. The van der Waals surface area contributed by atoms with Crippen molar-refractivity contribution in [2.45, 2.75) is 6.18 Å². The van der Waals surface area contributed by atoms with Crippen LogP contribution in [0.2, 0.25) is 5.02 Å². The highest BCUT2D eigenvalue weighted by Gasteiger charge is 2.31. The number of alkyl halides is 3. The minimum atomic E-state index is -4.35. The van der Waals surface area contributed by atoms with Crippen LogP contribution in [0.25, 0.3) is 0 Å². The van der Waals surface area contributed by atoms with Crippen LogP contribution in [-0.4, -0.2) is 37.0 Å². The second kappa shape index (κ2) is 6.43. The Morgan fingerprint density at radius 2 is 1.85 bits per heavy atom. The third-order valence-corrected chi connectivity index (χ3v) is 4.08. The molecule has 0 spiro atoms. The Bertz CT molecular complexity index is 462. The number of hydrogen-bond donors (Lipinski definition) is 1. The molecular formula is C12H15ClF3N3S. The van der Waals surface area contributed by atoms with Gasteiger partial charge in [-0.25, -0.2) is 0 Å². The highest BCUT2D eigenvalue weighted by atomic mass is 35.5. The lowest BCUT2D eigenvalue weighted by Gasteiger charge is -2.36. The Hall–Kier alpha value is -0.630. The molecule has 0 aliphatic carbocycles. The van der Waals surface area contributed by atoms with Crippen LogP contribution in [0.5, 0.6) is 0 Å². The first-order chi connectivity index (χ1) is 9.41. The van der Waals surface area contributed by atoms with Gasteiger partial charge in [-0.2, -0.15) is 13.2 Å². The molecule has 0 atom stereocenters. The predicted molar refractivity (Wildman–Crippen MR) is 76.9 cm³/mol. The van der Waals surface area contributed by atoms with Crippen LogP contribution in [0.3, 0.4) is 0 Å². The molecule has 8 heteroatoms. The number of hydrogen-bond acceptors (Lipinski definition) is 4. The van der Waals surface area contributed by atoms with Crippen molar-refractivity contribution in [2.75, 3.05) is 37.0 Å². The van der Waals surface area contributed by atoms with E-state index >= 15 is 0 Å². The van der Waals surface area contributed by atoms with Gasteiger partial charge in [0, 0.05) is 26.2 Å². The molecule has 1 heterocycles. The quantitative estimate of drug-likeness (QED) is 0.866. The van der Waals surface area contributed by atoms with Crippen LogP contribution in [0.1, 0.15) is 5.56 Å². The molecule has 0 radical (unpaired) electrons. The molecule has 2 N–H and O–H groups in total. The first kappa shape index (κ1) is 15.8. The molecule has 0 unspecified atom stereocenters. The second-order valence-electron chi connectivity index (χ2n) is 4.56. The van der Waals surface area contributed by atoms with E-state index < -0.39 is 11.7 Å². The molecular weight excluding hydrogens is 311 g/mol. The summed E-state index contributed by atoms with van der Waals surface area (Å²) >= 11 is 7.28. The minimum Gasteiger partial charge on any atom is -0.368 e. The zero-order valence-electron chi connectivity index (χ0n) is 10.7. The van der Waals surface area contributed by atoms with Gasteiger partial charge in [0.1, 0.15) is 0 Å². The third-order valence-electron chi connectivity index (χ3n) is 3.24. The van der Waals surface area contributed by atoms with Crippen LogP contribution >= 0.6 is 23.5 Å². The average Bonchev–Trinajstić information content (AvgIpc) is 2.39. The number of nitrogens with two attached hydrogens (primary N) is 1. The van der Waals surface area contributed by atoms with Crippen molar-refractivity contribution in [2.24, 2.45) is 5.14 Å². The lowest BCUT2D eigenvalue weighted by atomic mass is 10.1. The van der Waals surface area contributed by atoms with E-state index in [2.05, 4.69) is 4.90 Å². The van der Waals surface area contributed by atoms with E-state index in [0.29, 0.717) is 23.8 Å². The van der Waals surface area contributed by atoms with Crippen LogP contribution in [0, 0.1) is 0 Å². The molecule has 112 valence electrons. The first-order valence-electron chi connectivity index (χ1n) is 6.07. The highest BCUT2D eigenvalue weighted by Crippen LogP contribution is 2.35. The van der Waals surface area contributed by atoms with E-state index in [9.17, 15) is 13.2 Å². The first-order valence-corrected chi connectivity index (χ1v) is 7.50. The maximum atomic E-state index is 12.7. The summed E-state index contributed by atoms with van der Waals surface area (Å²) in [6.07, 6.45) is -4.35. The Morgan fingerprint density at radius 3 is 2.40 bits per heavy atom. The number of piperazine rings is 1. The van der Waals surface area contributed by atoms with Crippen LogP contribution in [0.15, 0.2) is 18.2 Å². The molecule has 20 heavy (non-hydrogen) atoms. The fourth-order valence-electron chi connectivity index (χ4n) is 2.15. The summed E-state index contributed by atoms with van der Waals surface area (Å²) in [5.41, 5.74) is -0.224. The molecule has 0 bridgehead atoms. The van der Waals surface area contributed by atoms with Crippen molar-refractivity contribution < 1.29 is 13.2 Å². The Morgan fingerprint density at radius 1 is 1.20 bits per heavy atom. The molecule has 3 nitrogen and oxygen atoms in total. The van der Waals surface area contributed by atoms with Crippen molar-refractivity contribution >= 4 is 29.2 Å². The fraction of sp³-hybridized carbons (Fsp3) is 0.500. The van der Waals surface area contributed by atoms with Gasteiger partial charge in [0.2, 0.25) is 0 Å². The van der Waals surface area contributed by atoms with Gasteiger partial charge in [-0.3, -0.25) is 10.0 Å². The van der Waals surface area contributed by atoms with Crippen molar-refractivity contribution in [1.82, 2.24) is 4.90 Å². The van der Waals surface area contributed by atoms with Gasteiger partial charge < -0.3 is 4.90 Å². The van der Waals surface area contributed by atoms with Gasteiger partial charge in [-0.1, -0.05) is 23.5 Å². The molecule has 1 fully saturated rings. The molecule has 2 rings (SSSR count). The zero-order valence-corrected chi connectivity index (χ0v) is 12.2. The van der Waals surface area contributed by atoms with Gasteiger partial charge in [-0.05, 0) is 18.2 Å². The van der Waals surface area contributed by atoms with E-state index in [0.717, 1.165) is 31.1 Å². The maximum Gasteiger partial charge on any atom is 0.416 e. The Kier molecular flexibility index (Phi) is 5.06. The lowest BCUT2D eigenvalue weighted by molar-refractivity contribution is -0.137. The molecule has 1 aromatic rings. The lowest BCUT2D eigenvalue weighted by Crippen LogP contribution is -2.46. The second-order valence-corrected chi connectivity index (χ2v) is 5.56. The summed E-state index contributed by atoms with van der Waals surface area (Å²) in [6, 6.07) is 3.44. The average molecular weight is 326 g/mol. The largest absolute Gasteiger partial charge is 0.416 e. The van der Waals surface area contributed by atoms with Crippen LogP contribution in [-0.2, 0) is 6.18 Å². The van der Waals surface area contributed by atoms with Crippen LogP contribution < -0.4 is 10.0 Å². The van der Waals surface area contributed by atoms with E-state index in [1.807, 2.05) is 4.90 Å². The normalized spacial score (nSPS) is 17.6. The number of halogens is 4. The van der Waals surface area contributed by atoms with Gasteiger partial charge >= 0.3 is 6.18 Å². The highest BCUT2D eigenvalue weighted by molar-refractivity contribution is 7.97. The summed E-state index contributed by atoms with van der Waals surface area (Å²) in [7, 11) is 0. The van der Waals surface area contributed by atoms with Crippen molar-refractivity contribution in [1.29, 1.82) is 0 Å². The SMILES string of the molecule is NSCN1CCN(c2cc(C(F)(F)F)ccc2Cl)CC1. The van der Waals surface area contributed by atoms with Crippen molar-refractivity contribution in [3.05, 3.63) is 28.8 Å². The van der Waals surface area contributed by atoms with Crippen molar-refractivity contribution in [3.8, 4) is 0 Å². The van der Waals surface area contributed by atoms with Gasteiger partial charge in [-0.15, -0.1) is 0 Å². The molecule has 1 saturated heterocycles. The number of nitrogens with zero attached hydrogens (tertiary/aromatic N) is 2. The summed E-state index contributed by atoms with van der Waals surface area (Å²) in [5.74, 6) is 0.726. The summed E-state index contributed by atoms with van der Waals surface area (Å²) in [4.78, 5) is 4.04. The number of benzene rings is 1. The predicted octanol–water partition coefficient (Wildman–Crippen LogP) is 3.05. The van der Waals surface area contributed by atoms with Crippen LogP contribution in [0.4, 0.5) is 18.9 Å². The van der Waals surface area contributed by atoms with Gasteiger partial charge in [0.15, 0.2) is 0 Å². The molecule has 0 saturated carbocycles. The molecule has 0 aromatic heterocycles. The van der Waals surface area contributed by atoms with Crippen molar-refractivity contribution in [3.63, 3.8) is 0 Å². The standard InChI is InChI=1S/C12H15ClF3N3S/c13-10-2-1-9(12(14,15)16)7-11(10)19-5-3-18(4-6-19)8-20-17/h1-2,7H,3-6,8,17H2. The smallest absolute Gasteiger partial charge is 0.368 e. The third kappa shape index (κ3) is 3.72. The molecule has 1 aliphatic rings. The van der Waals surface area contributed by atoms with E-state index in [1.54, 1.807) is 0 Å². The topological polar surface area (TPSA) is 32.5 Å². The summed E-state index contributed by atoms with van der Waals surface area (Å²) in [6.45, 7) is 2.80. The van der Waals surface area contributed by atoms with Gasteiger partial charge in [0.05, 0.1) is 22.2 Å². The van der Waals surface area contributed by atoms with E-state index in [1.165, 1.54) is 18.0 Å². The minimum absolute atomic E-state index is 0.347. The summed E-state index contributed by atoms with van der Waals surface area (Å²) in [5, 5.41) is 5.76. The zero-order chi connectivity index (χ0) is 14.8.